The molecule has 0 saturated heterocycles. The molecule has 0 saturated carbocycles. The highest BCUT2D eigenvalue weighted by molar-refractivity contribution is 14.1. The summed E-state index contributed by atoms with van der Waals surface area (Å²) in [7, 11) is 0. The molecule has 3 nitrogen and oxygen atoms in total. The normalized spacial score (nSPS) is 11.4. The maximum Gasteiger partial charge on any atom is 0.252 e. The van der Waals surface area contributed by atoms with Gasteiger partial charge in [0.25, 0.3) is 5.91 Å². The predicted molar refractivity (Wildman–Crippen MR) is 86.7 cm³/mol. The molecule has 1 aromatic rings. The second-order valence-electron chi connectivity index (χ2n) is 4.38. The summed E-state index contributed by atoms with van der Waals surface area (Å²) in [5.74, 6) is -0.0860. The van der Waals surface area contributed by atoms with Gasteiger partial charge in [-0.15, -0.1) is 0 Å². The Hall–Kier alpha value is -0.140. The Kier molecular flexibility index (Phi) is 6.07. The molecule has 18 heavy (non-hydrogen) atoms. The molecule has 0 atom stereocenters. The molecule has 0 radical (unpaired) electrons. The summed E-state index contributed by atoms with van der Waals surface area (Å²) in [6.07, 6.45) is 1.69. The Morgan fingerprint density at radius 3 is 2.61 bits per heavy atom. The molecule has 0 aromatic heterocycles. The molecule has 0 aliphatic carbocycles. The molecule has 5 heteroatoms. The van der Waals surface area contributed by atoms with Crippen LogP contribution in [0.3, 0.4) is 0 Å². The zero-order valence-corrected chi connectivity index (χ0v) is 14.3. The third kappa shape index (κ3) is 4.20. The average molecular weight is 425 g/mol. The van der Waals surface area contributed by atoms with E-state index < -0.39 is 0 Å². The van der Waals surface area contributed by atoms with Crippen LogP contribution >= 0.6 is 38.5 Å². The van der Waals surface area contributed by atoms with E-state index in [2.05, 4.69) is 43.8 Å². The number of nitrogens with two attached hydrogens (primary N) is 1. The van der Waals surface area contributed by atoms with Crippen molar-refractivity contribution in [1.82, 2.24) is 5.32 Å². The lowest BCUT2D eigenvalue weighted by Crippen LogP contribution is -2.49. The number of carbonyl (C=O) groups excluding carboxylic acids is 1. The topological polar surface area (TPSA) is 55.1 Å². The van der Waals surface area contributed by atoms with Gasteiger partial charge in [0.1, 0.15) is 0 Å². The molecule has 0 bridgehead atoms. The van der Waals surface area contributed by atoms with Crippen LogP contribution in [0.4, 0.5) is 0 Å². The van der Waals surface area contributed by atoms with Gasteiger partial charge in [0.05, 0.1) is 5.56 Å². The van der Waals surface area contributed by atoms with E-state index in [1.807, 2.05) is 32.0 Å². The molecule has 1 aromatic carbocycles. The number of hydrogen-bond donors (Lipinski definition) is 2. The first kappa shape index (κ1) is 15.9. The van der Waals surface area contributed by atoms with Crippen LogP contribution in [0.15, 0.2) is 22.7 Å². The molecule has 100 valence electrons. The first-order chi connectivity index (χ1) is 8.41. The Labute approximate surface area is 130 Å². The predicted octanol–water partition coefficient (Wildman–Crippen LogP) is 3.30. The molecule has 3 N–H and O–H groups in total. The molecular weight excluding hydrogens is 407 g/mol. The van der Waals surface area contributed by atoms with Gasteiger partial charge >= 0.3 is 0 Å². The number of rotatable bonds is 5. The number of nitrogens with one attached hydrogen (secondary N) is 1. The summed E-state index contributed by atoms with van der Waals surface area (Å²) in [6, 6.07) is 5.69. The quantitative estimate of drug-likeness (QED) is 0.712. The second-order valence-corrected chi connectivity index (χ2v) is 6.48. The fourth-order valence-corrected chi connectivity index (χ4v) is 2.44. The Bertz CT molecular complexity index is 433. The van der Waals surface area contributed by atoms with Crippen molar-refractivity contribution in [2.75, 3.05) is 6.54 Å². The van der Waals surface area contributed by atoms with E-state index in [9.17, 15) is 4.79 Å². The first-order valence-corrected chi connectivity index (χ1v) is 7.81. The summed E-state index contributed by atoms with van der Waals surface area (Å²) in [6.45, 7) is 4.57. The van der Waals surface area contributed by atoms with Gasteiger partial charge in [0, 0.05) is 20.1 Å². The lowest BCUT2D eigenvalue weighted by molar-refractivity contribution is 0.0941. The van der Waals surface area contributed by atoms with Crippen molar-refractivity contribution < 1.29 is 4.79 Å². The minimum absolute atomic E-state index is 0.0860. The van der Waals surface area contributed by atoms with Crippen molar-refractivity contribution in [3.63, 3.8) is 0 Å². The highest BCUT2D eigenvalue weighted by Crippen LogP contribution is 2.19. The van der Waals surface area contributed by atoms with Crippen LogP contribution in [0.5, 0.6) is 0 Å². The summed E-state index contributed by atoms with van der Waals surface area (Å²) >= 11 is 5.58. The Balaban J connectivity index is 2.74. The average Bonchev–Trinajstić information content (AvgIpc) is 2.38. The van der Waals surface area contributed by atoms with Crippen LogP contribution in [0.25, 0.3) is 0 Å². The number of carbonyl (C=O) groups is 1. The SMILES string of the molecule is CCC(N)(CC)CNC(=O)c1cc(I)ccc1Br. The maximum atomic E-state index is 12.1. The van der Waals surface area contributed by atoms with Gasteiger partial charge in [-0.05, 0) is 69.6 Å². The monoisotopic (exact) mass is 424 g/mol. The van der Waals surface area contributed by atoms with Gasteiger partial charge < -0.3 is 11.1 Å². The van der Waals surface area contributed by atoms with Crippen molar-refractivity contribution in [1.29, 1.82) is 0 Å². The van der Waals surface area contributed by atoms with Gasteiger partial charge in [0.2, 0.25) is 0 Å². The van der Waals surface area contributed by atoms with Crippen molar-refractivity contribution in [2.24, 2.45) is 5.73 Å². The maximum absolute atomic E-state index is 12.1. The summed E-state index contributed by atoms with van der Waals surface area (Å²) in [5.41, 5.74) is 6.50. The standard InChI is InChI=1S/C13H18BrIN2O/c1-3-13(16,4-2)8-17-12(18)10-7-9(15)5-6-11(10)14/h5-7H,3-4,8,16H2,1-2H3,(H,17,18). The van der Waals surface area contributed by atoms with E-state index in [1.165, 1.54) is 0 Å². The van der Waals surface area contributed by atoms with E-state index in [0.29, 0.717) is 12.1 Å². The zero-order chi connectivity index (χ0) is 13.8. The largest absolute Gasteiger partial charge is 0.350 e. The first-order valence-electron chi connectivity index (χ1n) is 5.94. The molecule has 0 unspecified atom stereocenters. The third-order valence-corrected chi connectivity index (χ3v) is 4.54. The Morgan fingerprint density at radius 2 is 2.06 bits per heavy atom. The molecule has 0 heterocycles. The van der Waals surface area contributed by atoms with Crippen molar-refractivity contribution in [3.05, 3.63) is 31.8 Å². The molecule has 0 aliphatic rings. The molecular formula is C13H18BrIN2O. The zero-order valence-electron chi connectivity index (χ0n) is 10.6. The third-order valence-electron chi connectivity index (χ3n) is 3.18. The molecule has 0 fully saturated rings. The van der Waals surface area contributed by atoms with Crippen LogP contribution in [0, 0.1) is 3.57 Å². The van der Waals surface area contributed by atoms with Gasteiger partial charge in [-0.25, -0.2) is 0 Å². The molecule has 1 rings (SSSR count). The lowest BCUT2D eigenvalue weighted by atomic mass is 9.94. The van der Waals surface area contributed by atoms with Crippen molar-refractivity contribution in [2.45, 2.75) is 32.2 Å². The summed E-state index contributed by atoms with van der Waals surface area (Å²) in [5, 5.41) is 2.91. The van der Waals surface area contributed by atoms with Crippen LogP contribution < -0.4 is 11.1 Å². The number of halogens is 2. The Morgan fingerprint density at radius 1 is 1.44 bits per heavy atom. The second kappa shape index (κ2) is 6.86. The van der Waals surface area contributed by atoms with E-state index in [-0.39, 0.29) is 11.4 Å². The highest BCUT2D eigenvalue weighted by atomic mass is 127. The van der Waals surface area contributed by atoms with Crippen LogP contribution in [0.1, 0.15) is 37.0 Å². The van der Waals surface area contributed by atoms with Crippen molar-refractivity contribution in [3.8, 4) is 0 Å². The number of amides is 1. The summed E-state index contributed by atoms with van der Waals surface area (Å²) in [4.78, 5) is 12.1. The minimum Gasteiger partial charge on any atom is -0.350 e. The van der Waals surface area contributed by atoms with E-state index in [1.54, 1.807) is 0 Å². The van der Waals surface area contributed by atoms with Crippen LogP contribution in [-0.4, -0.2) is 18.0 Å². The smallest absolute Gasteiger partial charge is 0.252 e. The van der Waals surface area contributed by atoms with E-state index >= 15 is 0 Å². The molecule has 1 amide bonds. The minimum atomic E-state index is -0.315. The number of benzene rings is 1. The van der Waals surface area contributed by atoms with Gasteiger partial charge in [-0.3, -0.25) is 4.79 Å². The number of hydrogen-bond acceptors (Lipinski definition) is 2. The van der Waals surface area contributed by atoms with E-state index in [4.69, 9.17) is 5.73 Å². The summed E-state index contributed by atoms with van der Waals surface area (Å²) < 4.78 is 1.84. The lowest BCUT2D eigenvalue weighted by Gasteiger charge is -2.26. The highest BCUT2D eigenvalue weighted by Gasteiger charge is 2.21. The fourth-order valence-electron chi connectivity index (χ4n) is 1.52. The van der Waals surface area contributed by atoms with Gasteiger partial charge in [0.15, 0.2) is 0 Å². The van der Waals surface area contributed by atoms with Gasteiger partial charge in [-0.1, -0.05) is 13.8 Å². The van der Waals surface area contributed by atoms with Gasteiger partial charge in [-0.2, -0.15) is 0 Å². The molecule has 0 aliphatic heterocycles. The fraction of sp³-hybridized carbons (Fsp3) is 0.462. The van der Waals surface area contributed by atoms with E-state index in [0.717, 1.165) is 20.9 Å². The van der Waals surface area contributed by atoms with Crippen LogP contribution in [-0.2, 0) is 0 Å². The molecule has 0 spiro atoms. The van der Waals surface area contributed by atoms with Crippen LogP contribution in [0.2, 0.25) is 0 Å². The van der Waals surface area contributed by atoms with Crippen molar-refractivity contribution >= 4 is 44.4 Å².